The molecule has 1 saturated heterocycles. The Kier molecular flexibility index (Phi) is 6.32. The second-order valence-electron chi connectivity index (χ2n) is 7.86. The zero-order valence-corrected chi connectivity index (χ0v) is 16.5. The predicted molar refractivity (Wildman–Crippen MR) is 107 cm³/mol. The minimum Gasteiger partial charge on any atom is -0.376 e. The van der Waals surface area contributed by atoms with Crippen LogP contribution in [0.5, 0.6) is 0 Å². The van der Waals surface area contributed by atoms with Gasteiger partial charge < -0.3 is 10.1 Å². The monoisotopic (exact) mass is 357 g/mol. The molecule has 0 aliphatic carbocycles. The molecule has 3 heteroatoms. The Morgan fingerprint density at radius 1 is 1.20 bits per heavy atom. The number of hydrogen-bond donors (Lipinski definition) is 1. The van der Waals surface area contributed by atoms with Crippen molar-refractivity contribution in [2.45, 2.75) is 57.6 Å². The number of benzene rings is 1. The van der Waals surface area contributed by atoms with Crippen molar-refractivity contribution >= 4 is 11.3 Å². The summed E-state index contributed by atoms with van der Waals surface area (Å²) < 4.78 is 5.96. The molecular formula is C22H31NOS. The molecule has 1 aromatic carbocycles. The second-order valence-corrected chi connectivity index (χ2v) is 8.84. The van der Waals surface area contributed by atoms with Crippen molar-refractivity contribution in [3.8, 4) is 0 Å². The molecule has 3 atom stereocenters. The van der Waals surface area contributed by atoms with E-state index in [1.807, 2.05) is 11.3 Å². The molecule has 0 radical (unpaired) electrons. The van der Waals surface area contributed by atoms with Crippen molar-refractivity contribution in [3.05, 3.63) is 58.3 Å². The Morgan fingerprint density at radius 2 is 2.00 bits per heavy atom. The first-order valence-electron chi connectivity index (χ1n) is 9.51. The largest absolute Gasteiger partial charge is 0.376 e. The van der Waals surface area contributed by atoms with E-state index >= 15 is 0 Å². The van der Waals surface area contributed by atoms with Crippen LogP contribution in [0.4, 0.5) is 0 Å². The second kappa shape index (κ2) is 8.48. The third-order valence-electron chi connectivity index (χ3n) is 5.41. The standard InChI is InChI=1S/C22H31NOS/c1-17(21-10-7-15-25-21)23-13-11-20(18-8-5-4-6-9-18)19-12-14-24-22(2,3)16-19/h4-10,15,17,19-20,23H,11-14,16H2,1-3H3/t17-,19-,20-/m0/s1. The van der Waals surface area contributed by atoms with E-state index in [0.717, 1.165) is 19.6 Å². The minimum absolute atomic E-state index is 0.00758. The van der Waals surface area contributed by atoms with Gasteiger partial charge in [-0.3, -0.25) is 0 Å². The van der Waals surface area contributed by atoms with Crippen LogP contribution in [0.25, 0.3) is 0 Å². The summed E-state index contributed by atoms with van der Waals surface area (Å²) in [4.78, 5) is 1.42. The van der Waals surface area contributed by atoms with Gasteiger partial charge in [-0.1, -0.05) is 36.4 Å². The number of nitrogens with one attached hydrogen (secondary N) is 1. The summed E-state index contributed by atoms with van der Waals surface area (Å²) in [6.45, 7) is 8.67. The highest BCUT2D eigenvalue weighted by Crippen LogP contribution is 2.39. The molecule has 1 aromatic heterocycles. The molecule has 25 heavy (non-hydrogen) atoms. The summed E-state index contributed by atoms with van der Waals surface area (Å²) in [6.07, 6.45) is 3.50. The molecule has 1 N–H and O–H groups in total. The number of hydrogen-bond acceptors (Lipinski definition) is 3. The van der Waals surface area contributed by atoms with Crippen LogP contribution in [0.1, 0.15) is 62.4 Å². The highest BCUT2D eigenvalue weighted by Gasteiger charge is 2.33. The van der Waals surface area contributed by atoms with Crippen LogP contribution in [0.3, 0.4) is 0 Å². The Bertz CT molecular complexity index is 623. The normalized spacial score (nSPS) is 22.4. The lowest BCUT2D eigenvalue weighted by Gasteiger charge is -2.39. The van der Waals surface area contributed by atoms with Crippen molar-refractivity contribution < 1.29 is 4.74 Å². The molecule has 1 fully saturated rings. The van der Waals surface area contributed by atoms with Gasteiger partial charge in [-0.15, -0.1) is 11.3 Å². The van der Waals surface area contributed by atoms with Gasteiger partial charge in [-0.25, -0.2) is 0 Å². The van der Waals surface area contributed by atoms with Crippen LogP contribution in [-0.2, 0) is 4.74 Å². The highest BCUT2D eigenvalue weighted by atomic mass is 32.1. The Balaban J connectivity index is 1.65. The average Bonchev–Trinajstić information content (AvgIpc) is 3.13. The molecule has 0 bridgehead atoms. The molecule has 0 amide bonds. The minimum atomic E-state index is 0.00758. The van der Waals surface area contributed by atoms with Gasteiger partial charge in [0.25, 0.3) is 0 Å². The zero-order valence-electron chi connectivity index (χ0n) is 15.7. The van der Waals surface area contributed by atoms with E-state index in [1.165, 1.54) is 23.3 Å². The summed E-state index contributed by atoms with van der Waals surface area (Å²) in [6, 6.07) is 15.9. The van der Waals surface area contributed by atoms with Gasteiger partial charge >= 0.3 is 0 Å². The van der Waals surface area contributed by atoms with Crippen LogP contribution in [0.2, 0.25) is 0 Å². The van der Waals surface area contributed by atoms with Gasteiger partial charge in [0, 0.05) is 17.5 Å². The average molecular weight is 358 g/mol. The molecule has 136 valence electrons. The smallest absolute Gasteiger partial charge is 0.0629 e. The van der Waals surface area contributed by atoms with Crippen molar-refractivity contribution in [1.82, 2.24) is 5.32 Å². The van der Waals surface area contributed by atoms with Gasteiger partial charge in [0.1, 0.15) is 0 Å². The summed E-state index contributed by atoms with van der Waals surface area (Å²) >= 11 is 1.84. The van der Waals surface area contributed by atoms with E-state index in [4.69, 9.17) is 4.74 Å². The van der Waals surface area contributed by atoms with E-state index < -0.39 is 0 Å². The Labute approximate surface area is 156 Å². The summed E-state index contributed by atoms with van der Waals surface area (Å²) in [7, 11) is 0. The molecule has 0 saturated carbocycles. The quantitative estimate of drug-likeness (QED) is 0.678. The van der Waals surface area contributed by atoms with Crippen molar-refractivity contribution in [2.75, 3.05) is 13.2 Å². The maximum Gasteiger partial charge on any atom is 0.0629 e. The number of thiophene rings is 1. The van der Waals surface area contributed by atoms with Gasteiger partial charge in [0.2, 0.25) is 0 Å². The van der Waals surface area contributed by atoms with E-state index in [-0.39, 0.29) is 5.60 Å². The van der Waals surface area contributed by atoms with Crippen molar-refractivity contribution in [2.24, 2.45) is 5.92 Å². The number of rotatable bonds is 7. The highest BCUT2D eigenvalue weighted by molar-refractivity contribution is 7.10. The third kappa shape index (κ3) is 5.16. The van der Waals surface area contributed by atoms with Crippen molar-refractivity contribution in [1.29, 1.82) is 0 Å². The van der Waals surface area contributed by atoms with Crippen LogP contribution in [0.15, 0.2) is 47.8 Å². The Morgan fingerprint density at radius 3 is 2.68 bits per heavy atom. The molecule has 2 aromatic rings. The fraction of sp³-hybridized carbons (Fsp3) is 0.545. The topological polar surface area (TPSA) is 21.3 Å². The predicted octanol–water partition coefficient (Wildman–Crippen LogP) is 5.78. The Hall–Kier alpha value is -1.16. The maximum absolute atomic E-state index is 5.96. The fourth-order valence-corrected chi connectivity index (χ4v) is 4.85. The maximum atomic E-state index is 5.96. The first-order chi connectivity index (χ1) is 12.1. The van der Waals surface area contributed by atoms with Crippen LogP contribution in [0, 0.1) is 5.92 Å². The first kappa shape index (κ1) is 18.6. The zero-order chi connectivity index (χ0) is 17.7. The van der Waals surface area contributed by atoms with Gasteiger partial charge in [0.05, 0.1) is 5.60 Å². The number of ether oxygens (including phenoxy) is 1. The molecular weight excluding hydrogens is 326 g/mol. The van der Waals surface area contributed by atoms with Crippen molar-refractivity contribution in [3.63, 3.8) is 0 Å². The molecule has 1 aliphatic rings. The molecule has 3 rings (SSSR count). The van der Waals surface area contributed by atoms with Gasteiger partial charge in [-0.2, -0.15) is 0 Å². The van der Waals surface area contributed by atoms with E-state index in [0.29, 0.717) is 17.9 Å². The third-order valence-corrected chi connectivity index (χ3v) is 6.46. The van der Waals surface area contributed by atoms with E-state index in [9.17, 15) is 0 Å². The lowest BCUT2D eigenvalue weighted by atomic mass is 9.75. The summed E-state index contributed by atoms with van der Waals surface area (Å²) in [5.41, 5.74) is 1.49. The molecule has 1 aliphatic heterocycles. The van der Waals surface area contributed by atoms with Crippen LogP contribution in [-0.4, -0.2) is 18.8 Å². The van der Waals surface area contributed by atoms with E-state index in [1.54, 1.807) is 0 Å². The van der Waals surface area contributed by atoms with E-state index in [2.05, 4.69) is 73.9 Å². The molecule has 0 spiro atoms. The van der Waals surface area contributed by atoms with Crippen LogP contribution < -0.4 is 5.32 Å². The lowest BCUT2D eigenvalue weighted by molar-refractivity contribution is -0.0772. The van der Waals surface area contributed by atoms with Gasteiger partial charge in [0.15, 0.2) is 0 Å². The fourth-order valence-electron chi connectivity index (χ4n) is 4.09. The summed E-state index contributed by atoms with van der Waals surface area (Å²) in [5, 5.41) is 5.88. The summed E-state index contributed by atoms with van der Waals surface area (Å²) in [5.74, 6) is 1.30. The molecule has 2 nitrogen and oxygen atoms in total. The lowest BCUT2D eigenvalue weighted by Crippen LogP contribution is -2.37. The molecule has 2 heterocycles. The van der Waals surface area contributed by atoms with Crippen LogP contribution >= 0.6 is 11.3 Å². The SMILES string of the molecule is C[C@H](NCC[C@@H](c1ccccc1)[C@H]1CCOC(C)(C)C1)c1cccs1. The first-order valence-corrected chi connectivity index (χ1v) is 10.4. The molecule has 0 unspecified atom stereocenters. The van der Waals surface area contributed by atoms with Gasteiger partial charge in [-0.05, 0) is 75.4 Å².